The number of aromatic nitrogens is 1. The van der Waals surface area contributed by atoms with Gasteiger partial charge in [-0.15, -0.1) is 11.3 Å². The Hall–Kier alpha value is -2.41. The number of hydrogen-bond acceptors (Lipinski definition) is 5. The highest BCUT2D eigenvalue weighted by molar-refractivity contribution is 7.16. The van der Waals surface area contributed by atoms with Gasteiger partial charge in [0.1, 0.15) is 5.60 Å². The van der Waals surface area contributed by atoms with Crippen LogP contribution in [0.1, 0.15) is 37.5 Å². The maximum Gasteiger partial charge on any atom is 0.410 e. The minimum absolute atomic E-state index is 0.117. The number of ether oxygens (including phenoxy) is 1. The van der Waals surface area contributed by atoms with Gasteiger partial charge in [0.25, 0.3) is 5.91 Å². The molecule has 1 saturated heterocycles. The first-order chi connectivity index (χ1) is 12.7. The normalized spacial score (nSPS) is 19.8. The molecular formula is C20H25N3O3S. The molecule has 1 fully saturated rings. The van der Waals surface area contributed by atoms with Crippen molar-refractivity contribution < 1.29 is 14.3 Å². The second-order valence-corrected chi connectivity index (χ2v) is 8.87. The Bertz CT molecular complexity index is 813. The lowest BCUT2D eigenvalue weighted by Gasteiger charge is -2.24. The van der Waals surface area contributed by atoms with Gasteiger partial charge in [-0.05, 0) is 32.3 Å². The number of nitrogens with one attached hydrogen (secondary N) is 1. The van der Waals surface area contributed by atoms with Crippen molar-refractivity contribution in [2.75, 3.05) is 13.1 Å². The molecule has 0 spiro atoms. The number of benzene rings is 1. The summed E-state index contributed by atoms with van der Waals surface area (Å²) in [6.07, 6.45) is 1.38. The van der Waals surface area contributed by atoms with Gasteiger partial charge in [0, 0.05) is 19.3 Å². The number of nitrogens with zero attached hydrogens (tertiary/aromatic N) is 2. The van der Waals surface area contributed by atoms with Crippen molar-refractivity contribution in [3.63, 3.8) is 0 Å². The van der Waals surface area contributed by atoms with Gasteiger partial charge in [-0.1, -0.05) is 37.3 Å². The molecule has 1 aliphatic heterocycles. The van der Waals surface area contributed by atoms with Gasteiger partial charge < -0.3 is 15.0 Å². The molecule has 1 aromatic carbocycles. The molecule has 2 amide bonds. The van der Waals surface area contributed by atoms with E-state index < -0.39 is 5.60 Å². The first kappa shape index (κ1) is 19.4. The fourth-order valence-corrected chi connectivity index (χ4v) is 3.80. The highest BCUT2D eigenvalue weighted by atomic mass is 32.1. The molecule has 2 aromatic rings. The van der Waals surface area contributed by atoms with E-state index in [2.05, 4.69) is 10.3 Å². The number of carbonyl (C=O) groups excluding carboxylic acids is 2. The van der Waals surface area contributed by atoms with Crippen LogP contribution in [0.15, 0.2) is 36.5 Å². The Morgan fingerprint density at radius 1 is 1.22 bits per heavy atom. The highest BCUT2D eigenvalue weighted by Crippen LogP contribution is 2.26. The molecule has 144 valence electrons. The van der Waals surface area contributed by atoms with Crippen LogP contribution in [0, 0.1) is 5.92 Å². The van der Waals surface area contributed by atoms with E-state index in [9.17, 15) is 9.59 Å². The third kappa shape index (κ3) is 4.86. The number of hydrogen-bond donors (Lipinski definition) is 1. The minimum atomic E-state index is -0.531. The van der Waals surface area contributed by atoms with Crippen LogP contribution in [-0.2, 0) is 4.74 Å². The first-order valence-electron chi connectivity index (χ1n) is 9.03. The lowest BCUT2D eigenvalue weighted by molar-refractivity contribution is 0.0285. The summed E-state index contributed by atoms with van der Waals surface area (Å²) in [5, 5.41) is 3.44. The highest BCUT2D eigenvalue weighted by Gasteiger charge is 2.36. The molecule has 27 heavy (non-hydrogen) atoms. The summed E-state index contributed by atoms with van der Waals surface area (Å²) >= 11 is 1.37. The molecule has 6 nitrogen and oxygen atoms in total. The molecule has 0 unspecified atom stereocenters. The van der Waals surface area contributed by atoms with Crippen LogP contribution < -0.4 is 5.32 Å². The summed E-state index contributed by atoms with van der Waals surface area (Å²) in [6, 6.07) is 9.74. The van der Waals surface area contributed by atoms with E-state index in [1.54, 1.807) is 11.1 Å². The van der Waals surface area contributed by atoms with Crippen molar-refractivity contribution in [2.45, 2.75) is 39.3 Å². The largest absolute Gasteiger partial charge is 0.444 e. The van der Waals surface area contributed by atoms with E-state index in [-0.39, 0.29) is 24.0 Å². The third-order valence-corrected chi connectivity index (χ3v) is 5.38. The predicted octanol–water partition coefficient (Wildman–Crippen LogP) is 3.80. The molecule has 0 saturated carbocycles. The Balaban J connectivity index is 1.61. The molecular weight excluding hydrogens is 362 g/mol. The zero-order valence-electron chi connectivity index (χ0n) is 16.1. The lowest BCUT2D eigenvalue weighted by atomic mass is 10.1. The smallest absolute Gasteiger partial charge is 0.410 e. The van der Waals surface area contributed by atoms with E-state index in [0.29, 0.717) is 18.1 Å². The number of carbonyl (C=O) groups is 2. The van der Waals surface area contributed by atoms with Crippen molar-refractivity contribution in [2.24, 2.45) is 5.92 Å². The number of amides is 2. The average molecular weight is 388 g/mol. The Labute approximate surface area is 163 Å². The molecule has 3 rings (SSSR count). The third-order valence-electron chi connectivity index (χ3n) is 4.34. The molecule has 7 heteroatoms. The maximum atomic E-state index is 12.6. The SMILES string of the molecule is C[C@@H]1CN(C(=O)OC(C)(C)C)C[C@H]1NC(=O)c1ncc(-c2ccccc2)s1. The summed E-state index contributed by atoms with van der Waals surface area (Å²) in [7, 11) is 0. The van der Waals surface area contributed by atoms with E-state index in [4.69, 9.17) is 4.74 Å². The quantitative estimate of drug-likeness (QED) is 0.870. The van der Waals surface area contributed by atoms with Crippen molar-refractivity contribution in [3.8, 4) is 10.4 Å². The predicted molar refractivity (Wildman–Crippen MR) is 106 cm³/mol. The van der Waals surface area contributed by atoms with Crippen molar-refractivity contribution in [1.82, 2.24) is 15.2 Å². The van der Waals surface area contributed by atoms with Crippen LogP contribution in [0.3, 0.4) is 0 Å². The van der Waals surface area contributed by atoms with Gasteiger partial charge in [-0.25, -0.2) is 9.78 Å². The lowest BCUT2D eigenvalue weighted by Crippen LogP contribution is -2.41. The van der Waals surface area contributed by atoms with Crippen LogP contribution >= 0.6 is 11.3 Å². The molecule has 1 N–H and O–H groups in total. The first-order valence-corrected chi connectivity index (χ1v) is 9.84. The monoisotopic (exact) mass is 387 g/mol. The summed E-state index contributed by atoms with van der Waals surface area (Å²) < 4.78 is 5.42. The standard InChI is InChI=1S/C20H25N3O3S/c1-13-11-23(19(25)26-20(2,3)4)12-15(13)22-17(24)18-21-10-16(27-18)14-8-6-5-7-9-14/h5-10,13,15H,11-12H2,1-4H3,(H,22,24)/t13-,15-/m1/s1. The fraction of sp³-hybridized carbons (Fsp3) is 0.450. The Kier molecular flexibility index (Phi) is 5.51. The number of rotatable bonds is 3. The van der Waals surface area contributed by atoms with Crippen LogP contribution in [0.25, 0.3) is 10.4 Å². The topological polar surface area (TPSA) is 71.5 Å². The Morgan fingerprint density at radius 2 is 1.93 bits per heavy atom. The van der Waals surface area contributed by atoms with Crippen molar-refractivity contribution >= 4 is 23.3 Å². The van der Waals surface area contributed by atoms with Crippen LogP contribution in [-0.4, -0.2) is 46.6 Å². The van der Waals surface area contributed by atoms with Crippen molar-refractivity contribution in [1.29, 1.82) is 0 Å². The second-order valence-electron chi connectivity index (χ2n) is 7.84. The second kappa shape index (κ2) is 7.68. The van der Waals surface area contributed by atoms with Crippen molar-refractivity contribution in [3.05, 3.63) is 41.5 Å². The van der Waals surface area contributed by atoms with Crippen LogP contribution in [0.5, 0.6) is 0 Å². The number of thiazole rings is 1. The van der Waals surface area contributed by atoms with Crippen LogP contribution in [0.4, 0.5) is 4.79 Å². The molecule has 2 heterocycles. The van der Waals surface area contributed by atoms with Gasteiger partial charge in [0.2, 0.25) is 0 Å². The minimum Gasteiger partial charge on any atom is -0.444 e. The fourth-order valence-electron chi connectivity index (χ4n) is 2.98. The Morgan fingerprint density at radius 3 is 2.59 bits per heavy atom. The maximum absolute atomic E-state index is 12.6. The van der Waals surface area contributed by atoms with Gasteiger partial charge in [0.05, 0.1) is 10.9 Å². The molecule has 0 bridgehead atoms. The van der Waals surface area contributed by atoms with Gasteiger partial charge in [0.15, 0.2) is 5.01 Å². The van der Waals surface area contributed by atoms with Gasteiger partial charge in [-0.3, -0.25) is 4.79 Å². The van der Waals surface area contributed by atoms with Crippen LogP contribution in [0.2, 0.25) is 0 Å². The summed E-state index contributed by atoms with van der Waals surface area (Å²) in [4.78, 5) is 31.7. The molecule has 2 atom stereocenters. The molecule has 0 radical (unpaired) electrons. The number of likely N-dealkylation sites (tertiary alicyclic amines) is 1. The zero-order valence-corrected chi connectivity index (χ0v) is 16.9. The van der Waals surface area contributed by atoms with Gasteiger partial charge in [-0.2, -0.15) is 0 Å². The summed E-state index contributed by atoms with van der Waals surface area (Å²) in [5.74, 6) is -0.0555. The summed E-state index contributed by atoms with van der Waals surface area (Å²) in [5.41, 5.74) is 0.510. The molecule has 0 aliphatic carbocycles. The average Bonchev–Trinajstić information content (AvgIpc) is 3.22. The van der Waals surface area contributed by atoms with E-state index >= 15 is 0 Å². The molecule has 1 aliphatic rings. The van der Waals surface area contributed by atoms with E-state index in [1.165, 1.54) is 11.3 Å². The van der Waals surface area contributed by atoms with E-state index in [1.807, 2.05) is 58.0 Å². The summed E-state index contributed by atoms with van der Waals surface area (Å²) in [6.45, 7) is 8.56. The van der Waals surface area contributed by atoms with E-state index in [0.717, 1.165) is 10.4 Å². The van der Waals surface area contributed by atoms with Gasteiger partial charge >= 0.3 is 6.09 Å². The molecule has 1 aromatic heterocycles. The zero-order chi connectivity index (χ0) is 19.6.